The molecule has 0 radical (unpaired) electrons. The minimum Gasteiger partial charge on any atom is -0.386 e. The number of carbonyl (C=O) groups is 1. The Balaban J connectivity index is 2.43. The van der Waals surface area contributed by atoms with Crippen molar-refractivity contribution in [1.29, 1.82) is 0 Å². The van der Waals surface area contributed by atoms with Crippen LogP contribution in [0.4, 0.5) is 0 Å². The number of aromatic nitrogens is 3. The Labute approximate surface area is 118 Å². The van der Waals surface area contributed by atoms with Crippen molar-refractivity contribution in [3.8, 4) is 0 Å². The molecule has 108 valence electrons. The van der Waals surface area contributed by atoms with Crippen molar-refractivity contribution in [3.05, 3.63) is 23.7 Å². The number of carbonyl (C=O) groups excluding carboxylic acids is 1. The molecule has 1 unspecified atom stereocenters. The van der Waals surface area contributed by atoms with E-state index < -0.39 is 11.5 Å². The molecular formula is C15H21N3O2. The van der Waals surface area contributed by atoms with Crippen LogP contribution in [-0.2, 0) is 0 Å². The van der Waals surface area contributed by atoms with Crippen molar-refractivity contribution < 1.29 is 9.90 Å². The number of Topliss-reactive ketones (excluding diaryl/α,β-unsaturated/α-hetero) is 1. The summed E-state index contributed by atoms with van der Waals surface area (Å²) in [5.41, 5.74) is 1.75. The molecule has 5 heteroatoms. The normalized spacial score (nSPS) is 13.9. The number of H-pyrrole nitrogens is 1. The van der Waals surface area contributed by atoms with Crippen LogP contribution >= 0.6 is 0 Å². The highest BCUT2D eigenvalue weighted by atomic mass is 16.3. The van der Waals surface area contributed by atoms with Gasteiger partial charge in [0, 0.05) is 5.41 Å². The molecule has 2 aromatic heterocycles. The molecule has 2 aromatic rings. The van der Waals surface area contributed by atoms with Crippen molar-refractivity contribution in [3.63, 3.8) is 0 Å². The number of ketones is 1. The lowest BCUT2D eigenvalue weighted by Crippen LogP contribution is -2.20. The van der Waals surface area contributed by atoms with E-state index in [1.54, 1.807) is 12.3 Å². The zero-order chi connectivity index (χ0) is 15.1. The molecule has 0 aliphatic carbocycles. The van der Waals surface area contributed by atoms with E-state index in [0.717, 1.165) is 0 Å². The maximum absolute atomic E-state index is 12.2. The van der Waals surface area contributed by atoms with Gasteiger partial charge in [0.2, 0.25) is 0 Å². The third kappa shape index (κ3) is 2.72. The van der Waals surface area contributed by atoms with E-state index in [0.29, 0.717) is 22.6 Å². The second kappa shape index (κ2) is 4.98. The van der Waals surface area contributed by atoms with Crippen molar-refractivity contribution in [2.75, 3.05) is 0 Å². The number of aromatic amines is 1. The molecule has 0 aliphatic heterocycles. The van der Waals surface area contributed by atoms with Gasteiger partial charge in [-0.1, -0.05) is 34.6 Å². The quantitative estimate of drug-likeness (QED) is 0.844. The van der Waals surface area contributed by atoms with Gasteiger partial charge in [0.15, 0.2) is 11.4 Å². The smallest absolute Gasteiger partial charge is 0.184 e. The molecule has 0 aliphatic rings. The number of hydrogen-bond donors (Lipinski definition) is 2. The van der Waals surface area contributed by atoms with Crippen LogP contribution in [0.15, 0.2) is 12.3 Å². The van der Waals surface area contributed by atoms with Gasteiger partial charge in [-0.2, -0.15) is 0 Å². The summed E-state index contributed by atoms with van der Waals surface area (Å²) >= 11 is 0. The Morgan fingerprint density at radius 3 is 2.55 bits per heavy atom. The molecular weight excluding hydrogens is 254 g/mol. The number of aliphatic hydroxyl groups excluding tert-OH is 1. The van der Waals surface area contributed by atoms with Crippen LogP contribution < -0.4 is 0 Å². The van der Waals surface area contributed by atoms with Crippen molar-refractivity contribution in [1.82, 2.24) is 15.0 Å². The van der Waals surface area contributed by atoms with Gasteiger partial charge >= 0.3 is 0 Å². The van der Waals surface area contributed by atoms with E-state index in [-0.39, 0.29) is 11.7 Å². The fourth-order valence-electron chi connectivity index (χ4n) is 1.93. The van der Waals surface area contributed by atoms with Crippen molar-refractivity contribution in [2.45, 2.75) is 40.7 Å². The van der Waals surface area contributed by atoms with Crippen LogP contribution in [0.2, 0.25) is 0 Å². The summed E-state index contributed by atoms with van der Waals surface area (Å²) in [5, 5.41) is 10.0. The van der Waals surface area contributed by atoms with Gasteiger partial charge in [0.25, 0.3) is 0 Å². The van der Waals surface area contributed by atoms with Crippen LogP contribution in [0, 0.1) is 11.3 Å². The summed E-state index contributed by atoms with van der Waals surface area (Å²) in [6, 6.07) is 1.70. The standard InChI is InChI=1S/C15H21N3O2/c1-8(2)12(19)11-7-16-14-10(17-11)6-9(18-14)13(20)15(3,4)5/h6-8,12,19H,1-5H3,(H,16,18). The Morgan fingerprint density at radius 1 is 1.35 bits per heavy atom. The van der Waals surface area contributed by atoms with E-state index in [1.807, 2.05) is 34.6 Å². The van der Waals surface area contributed by atoms with E-state index >= 15 is 0 Å². The number of rotatable bonds is 3. The maximum Gasteiger partial charge on any atom is 0.184 e. The summed E-state index contributed by atoms with van der Waals surface area (Å²) in [5.74, 6) is 0.0830. The van der Waals surface area contributed by atoms with Gasteiger partial charge in [-0.15, -0.1) is 0 Å². The van der Waals surface area contributed by atoms with E-state index in [4.69, 9.17) is 0 Å². The maximum atomic E-state index is 12.2. The molecule has 2 rings (SSSR count). The monoisotopic (exact) mass is 275 g/mol. The molecule has 5 nitrogen and oxygen atoms in total. The molecule has 0 saturated heterocycles. The highest BCUT2D eigenvalue weighted by Crippen LogP contribution is 2.24. The van der Waals surface area contributed by atoms with Crippen LogP contribution in [0.1, 0.15) is 56.9 Å². The molecule has 0 saturated carbocycles. The van der Waals surface area contributed by atoms with Gasteiger partial charge in [-0.05, 0) is 12.0 Å². The van der Waals surface area contributed by atoms with Gasteiger partial charge in [-0.25, -0.2) is 9.97 Å². The molecule has 0 amide bonds. The molecule has 20 heavy (non-hydrogen) atoms. The Hall–Kier alpha value is -1.75. The average molecular weight is 275 g/mol. The van der Waals surface area contributed by atoms with Crippen LogP contribution in [-0.4, -0.2) is 25.8 Å². The number of hydrogen-bond acceptors (Lipinski definition) is 4. The number of fused-ring (bicyclic) bond motifs is 1. The van der Waals surface area contributed by atoms with Gasteiger partial charge < -0.3 is 10.1 Å². The first-order valence-electron chi connectivity index (χ1n) is 6.78. The topological polar surface area (TPSA) is 78.9 Å². The van der Waals surface area contributed by atoms with Gasteiger partial charge in [0.05, 0.1) is 23.7 Å². The second-order valence-electron chi connectivity index (χ2n) is 6.48. The van der Waals surface area contributed by atoms with Gasteiger partial charge in [-0.3, -0.25) is 4.79 Å². The highest BCUT2D eigenvalue weighted by molar-refractivity contribution is 6.01. The predicted octanol–water partition coefficient (Wildman–Crippen LogP) is 2.88. The molecule has 1 atom stereocenters. The molecule has 0 aromatic carbocycles. The minimum atomic E-state index is -0.649. The van der Waals surface area contributed by atoms with E-state index in [1.165, 1.54) is 0 Å². The van der Waals surface area contributed by atoms with Crippen molar-refractivity contribution >= 4 is 16.9 Å². The zero-order valence-electron chi connectivity index (χ0n) is 12.6. The summed E-state index contributed by atoms with van der Waals surface area (Å²) in [4.78, 5) is 23.8. The first kappa shape index (κ1) is 14.7. The third-order valence-electron chi connectivity index (χ3n) is 3.21. The van der Waals surface area contributed by atoms with E-state index in [9.17, 15) is 9.90 Å². The Bertz CT molecular complexity index is 638. The van der Waals surface area contributed by atoms with Crippen LogP contribution in [0.25, 0.3) is 11.2 Å². The lowest BCUT2D eigenvalue weighted by molar-refractivity contribution is 0.0854. The molecule has 0 bridgehead atoms. The summed E-state index contributed by atoms with van der Waals surface area (Å²) in [7, 11) is 0. The molecule has 0 spiro atoms. The number of nitrogens with zero attached hydrogens (tertiary/aromatic N) is 2. The van der Waals surface area contributed by atoms with Crippen LogP contribution in [0.3, 0.4) is 0 Å². The lowest BCUT2D eigenvalue weighted by Gasteiger charge is -2.14. The summed E-state index contributed by atoms with van der Waals surface area (Å²) < 4.78 is 0. The number of nitrogens with one attached hydrogen (secondary N) is 1. The average Bonchev–Trinajstić information content (AvgIpc) is 2.77. The zero-order valence-corrected chi connectivity index (χ0v) is 12.6. The first-order chi connectivity index (χ1) is 9.20. The first-order valence-corrected chi connectivity index (χ1v) is 6.78. The SMILES string of the molecule is CC(C)C(O)c1cnc2[nH]c(C(=O)C(C)(C)C)cc2n1. The minimum absolute atomic E-state index is 0.0169. The Kier molecular flexibility index (Phi) is 3.65. The lowest BCUT2D eigenvalue weighted by atomic mass is 9.89. The fourth-order valence-corrected chi connectivity index (χ4v) is 1.93. The second-order valence-corrected chi connectivity index (χ2v) is 6.48. The number of aliphatic hydroxyl groups is 1. The molecule has 0 fully saturated rings. The summed E-state index contributed by atoms with van der Waals surface area (Å²) in [6.45, 7) is 9.45. The fraction of sp³-hybridized carbons (Fsp3) is 0.533. The van der Waals surface area contributed by atoms with Crippen LogP contribution in [0.5, 0.6) is 0 Å². The molecule has 2 heterocycles. The Morgan fingerprint density at radius 2 is 2.00 bits per heavy atom. The summed E-state index contributed by atoms with van der Waals surface area (Å²) in [6.07, 6.45) is 0.901. The highest BCUT2D eigenvalue weighted by Gasteiger charge is 2.25. The third-order valence-corrected chi connectivity index (χ3v) is 3.21. The van der Waals surface area contributed by atoms with Gasteiger partial charge in [0.1, 0.15) is 5.52 Å². The molecule has 2 N–H and O–H groups in total. The largest absolute Gasteiger partial charge is 0.386 e. The predicted molar refractivity (Wildman–Crippen MR) is 77.5 cm³/mol. The van der Waals surface area contributed by atoms with E-state index in [2.05, 4.69) is 15.0 Å². The van der Waals surface area contributed by atoms with Crippen molar-refractivity contribution in [2.24, 2.45) is 11.3 Å².